The van der Waals surface area contributed by atoms with Gasteiger partial charge in [0.15, 0.2) is 0 Å². The molecule has 0 amide bonds. The third-order valence-electron chi connectivity index (χ3n) is 2.19. The lowest BCUT2D eigenvalue weighted by Crippen LogP contribution is -1.89. The lowest BCUT2D eigenvalue weighted by atomic mass is 10.1. The minimum atomic E-state index is 0.760. The second-order valence-electron chi connectivity index (χ2n) is 3.21. The number of benzene rings is 1. The summed E-state index contributed by atoms with van der Waals surface area (Å²) < 4.78 is 4.96. The lowest BCUT2D eigenvalue weighted by molar-refractivity contribution is 0.852. The van der Waals surface area contributed by atoms with Crippen molar-refractivity contribution in [2.45, 2.75) is 6.54 Å². The van der Waals surface area contributed by atoms with Gasteiger partial charge in [0, 0.05) is 35.0 Å². The van der Waals surface area contributed by atoms with Crippen molar-refractivity contribution in [3.63, 3.8) is 0 Å². The summed E-state index contributed by atoms with van der Waals surface area (Å²) >= 11 is 2.06. The van der Waals surface area contributed by atoms with Gasteiger partial charge in [0.1, 0.15) is 0 Å². The second kappa shape index (κ2) is 5.04. The quantitative estimate of drug-likeness (QED) is 0.591. The monoisotopic (exact) mass is 307 g/mol. The first kappa shape index (κ1) is 10.3. The molecule has 74 valence electrons. The molecule has 0 aliphatic rings. The molecule has 0 saturated carbocycles. The second-order valence-corrected chi connectivity index (χ2v) is 3.75. The number of hydrogen-bond donors (Lipinski definition) is 0. The Bertz CT molecular complexity index is 488. The zero-order chi connectivity index (χ0) is 10.5. The molecule has 0 atom stereocenters. The number of halogens is 1. The summed E-state index contributed by atoms with van der Waals surface area (Å²) in [6.07, 6.45) is 4.18. The van der Waals surface area contributed by atoms with E-state index in [1.807, 2.05) is 6.07 Å². The van der Waals surface area contributed by atoms with Gasteiger partial charge < -0.3 is 4.57 Å². The largest absolute Gasteiger partial charge is 0.342 e. The number of rotatable bonds is 2. The van der Waals surface area contributed by atoms with Crippen LogP contribution in [0.5, 0.6) is 0 Å². The van der Waals surface area contributed by atoms with E-state index in [-0.39, 0.29) is 0 Å². The van der Waals surface area contributed by atoms with Gasteiger partial charge in [-0.15, -0.1) is 0 Å². The van der Waals surface area contributed by atoms with Crippen LogP contribution in [-0.2, 0) is 6.54 Å². The highest BCUT2D eigenvalue weighted by Crippen LogP contribution is 2.18. The minimum absolute atomic E-state index is 0.760. The summed E-state index contributed by atoms with van der Waals surface area (Å²) in [4.78, 5) is 0. The van der Waals surface area contributed by atoms with E-state index >= 15 is 0 Å². The average molecular weight is 307 g/mol. The van der Waals surface area contributed by atoms with Gasteiger partial charge in [-0.2, -0.15) is 0 Å². The van der Waals surface area contributed by atoms with Crippen LogP contribution >= 0.6 is 22.6 Å². The van der Waals surface area contributed by atoms with Crippen LogP contribution in [0.4, 0.5) is 0 Å². The summed E-state index contributed by atoms with van der Waals surface area (Å²) in [7, 11) is 0. The van der Waals surface area contributed by atoms with Crippen molar-refractivity contribution in [1.29, 1.82) is 0 Å². The van der Waals surface area contributed by atoms with Crippen molar-refractivity contribution < 1.29 is 0 Å². The topological polar surface area (TPSA) is 4.93 Å². The molecule has 0 N–H and O–H groups in total. The van der Waals surface area contributed by atoms with E-state index in [0.29, 0.717) is 0 Å². The summed E-state index contributed by atoms with van der Waals surface area (Å²) in [5.74, 6) is 3.03. The summed E-state index contributed by atoms with van der Waals surface area (Å²) in [5, 5.41) is 0. The van der Waals surface area contributed by atoms with E-state index in [1.165, 1.54) is 11.1 Å². The standard InChI is InChI=1S/C13H10IN/c14-8-4-9-15-10-7-13(11-15)12-5-2-1-3-6-12/h1-3,5-7,10-11H,9H2. The van der Waals surface area contributed by atoms with Crippen LogP contribution in [0.3, 0.4) is 0 Å². The van der Waals surface area contributed by atoms with Gasteiger partial charge in [-0.1, -0.05) is 36.3 Å². The maximum atomic E-state index is 3.03. The average Bonchev–Trinajstić information content (AvgIpc) is 2.76. The molecule has 0 fully saturated rings. The summed E-state index contributed by atoms with van der Waals surface area (Å²) in [6, 6.07) is 12.5. The molecule has 1 nitrogen and oxygen atoms in total. The van der Waals surface area contributed by atoms with E-state index in [1.54, 1.807) is 0 Å². The third kappa shape index (κ3) is 2.63. The normalized spacial score (nSPS) is 9.40. The SMILES string of the molecule is IC#CCn1ccc(-c2ccccc2)c1. The Kier molecular flexibility index (Phi) is 3.46. The Morgan fingerprint density at radius 2 is 1.87 bits per heavy atom. The van der Waals surface area contributed by atoms with Crippen LogP contribution in [0.25, 0.3) is 11.1 Å². The third-order valence-corrected chi connectivity index (χ3v) is 2.57. The van der Waals surface area contributed by atoms with Crippen molar-refractivity contribution in [3.8, 4) is 21.0 Å². The van der Waals surface area contributed by atoms with Crippen LogP contribution in [0.2, 0.25) is 0 Å². The molecule has 2 rings (SSSR count). The molecule has 0 aliphatic carbocycles. The van der Waals surface area contributed by atoms with Gasteiger partial charge in [0.05, 0.1) is 6.54 Å². The zero-order valence-corrected chi connectivity index (χ0v) is 10.3. The zero-order valence-electron chi connectivity index (χ0n) is 8.15. The molecule has 0 bridgehead atoms. The molecule has 2 heteroatoms. The molecule has 1 heterocycles. The van der Waals surface area contributed by atoms with Crippen molar-refractivity contribution in [2.75, 3.05) is 0 Å². The molecule has 1 aromatic carbocycles. The van der Waals surface area contributed by atoms with E-state index in [4.69, 9.17) is 0 Å². The van der Waals surface area contributed by atoms with E-state index in [2.05, 4.69) is 79.7 Å². The van der Waals surface area contributed by atoms with Gasteiger partial charge in [0.2, 0.25) is 0 Å². The van der Waals surface area contributed by atoms with Gasteiger partial charge in [-0.25, -0.2) is 0 Å². The Hall–Kier alpha value is -1.21. The van der Waals surface area contributed by atoms with Crippen LogP contribution in [0.15, 0.2) is 48.8 Å². The fourth-order valence-corrected chi connectivity index (χ4v) is 1.63. The highest BCUT2D eigenvalue weighted by Gasteiger charge is 1.97. The minimum Gasteiger partial charge on any atom is -0.342 e. The molecule has 0 saturated heterocycles. The maximum absolute atomic E-state index is 3.03. The predicted octanol–water partition coefficient (Wildman–Crippen LogP) is 3.55. The number of nitrogens with zero attached hydrogens (tertiary/aromatic N) is 1. The van der Waals surface area contributed by atoms with Crippen molar-refractivity contribution in [2.24, 2.45) is 0 Å². The molecule has 2 aromatic rings. The molecule has 0 radical (unpaired) electrons. The smallest absolute Gasteiger partial charge is 0.0840 e. The number of hydrogen-bond acceptors (Lipinski definition) is 0. The van der Waals surface area contributed by atoms with Gasteiger partial charge >= 0.3 is 0 Å². The molecule has 0 unspecified atom stereocenters. The fourth-order valence-electron chi connectivity index (χ4n) is 1.46. The molecule has 0 spiro atoms. The van der Waals surface area contributed by atoms with E-state index < -0.39 is 0 Å². The Morgan fingerprint density at radius 1 is 1.07 bits per heavy atom. The predicted molar refractivity (Wildman–Crippen MR) is 71.7 cm³/mol. The maximum Gasteiger partial charge on any atom is 0.0840 e. The van der Waals surface area contributed by atoms with Gasteiger partial charge in [0.25, 0.3) is 0 Å². The highest BCUT2D eigenvalue weighted by atomic mass is 127. The van der Waals surface area contributed by atoms with E-state index in [0.717, 1.165) is 6.54 Å². The molecule has 15 heavy (non-hydrogen) atoms. The molecule has 0 aliphatic heterocycles. The summed E-state index contributed by atoms with van der Waals surface area (Å²) in [6.45, 7) is 0.760. The van der Waals surface area contributed by atoms with Crippen LogP contribution in [0.1, 0.15) is 0 Å². The van der Waals surface area contributed by atoms with Crippen LogP contribution in [-0.4, -0.2) is 4.57 Å². The summed E-state index contributed by atoms with van der Waals surface area (Å²) in [5.41, 5.74) is 2.49. The van der Waals surface area contributed by atoms with E-state index in [9.17, 15) is 0 Å². The first-order valence-corrected chi connectivity index (χ1v) is 5.78. The number of aromatic nitrogens is 1. The Morgan fingerprint density at radius 3 is 2.60 bits per heavy atom. The van der Waals surface area contributed by atoms with Crippen molar-refractivity contribution in [1.82, 2.24) is 4.57 Å². The molecular formula is C13H10IN. The molecule has 1 aromatic heterocycles. The molecular weight excluding hydrogens is 297 g/mol. The first-order chi connectivity index (χ1) is 7.40. The van der Waals surface area contributed by atoms with Gasteiger partial charge in [-0.05, 0) is 21.1 Å². The van der Waals surface area contributed by atoms with Crippen molar-refractivity contribution in [3.05, 3.63) is 48.8 Å². The first-order valence-electron chi connectivity index (χ1n) is 4.70. The van der Waals surface area contributed by atoms with Crippen molar-refractivity contribution >= 4 is 22.6 Å². The Labute approximate surface area is 103 Å². The fraction of sp³-hybridized carbons (Fsp3) is 0.0769. The van der Waals surface area contributed by atoms with Crippen LogP contribution in [0, 0.1) is 9.85 Å². The van der Waals surface area contributed by atoms with Gasteiger partial charge in [-0.3, -0.25) is 0 Å². The Balaban J connectivity index is 2.23. The highest BCUT2D eigenvalue weighted by molar-refractivity contribution is 14.1. The lowest BCUT2D eigenvalue weighted by Gasteiger charge is -1.96. The van der Waals surface area contributed by atoms with Crippen LogP contribution < -0.4 is 0 Å².